The fraction of sp³-hybridized carbons (Fsp3) is 0.250. The zero-order chi connectivity index (χ0) is 15.4. The van der Waals surface area contributed by atoms with Crippen LogP contribution in [0.2, 0.25) is 0 Å². The Labute approximate surface area is 120 Å². The van der Waals surface area contributed by atoms with Gasteiger partial charge in [-0.25, -0.2) is 4.98 Å². The molecular weight excluding hydrogens is 276 g/mol. The van der Waals surface area contributed by atoms with Gasteiger partial charge in [0.25, 0.3) is 11.6 Å². The summed E-state index contributed by atoms with van der Waals surface area (Å²) in [4.78, 5) is 28.0. The van der Waals surface area contributed by atoms with Crippen LogP contribution in [-0.2, 0) is 6.54 Å². The van der Waals surface area contributed by atoms with Crippen LogP contribution in [0.3, 0.4) is 0 Å². The van der Waals surface area contributed by atoms with Gasteiger partial charge in [-0.3, -0.25) is 20.0 Å². The molecule has 0 fully saturated rings. The van der Waals surface area contributed by atoms with Crippen LogP contribution in [0.5, 0.6) is 0 Å². The molecule has 0 saturated carbocycles. The van der Waals surface area contributed by atoms with E-state index < -0.39 is 10.8 Å². The molecule has 0 bridgehead atoms. The monoisotopic (exact) mass is 290 g/mol. The van der Waals surface area contributed by atoms with Crippen LogP contribution < -0.4 is 5.32 Å². The third kappa shape index (κ3) is 3.14. The van der Waals surface area contributed by atoms with Gasteiger partial charge in [-0.2, -0.15) is 5.10 Å². The second kappa shape index (κ2) is 5.99. The predicted octanol–water partition coefficient (Wildman–Crippen LogP) is 1.03. The van der Waals surface area contributed by atoms with Crippen molar-refractivity contribution in [2.24, 2.45) is 0 Å². The normalized spacial score (nSPS) is 10.2. The highest BCUT2D eigenvalue weighted by molar-refractivity contribution is 5.98. The number of amides is 1. The molecule has 0 saturated heterocycles. The summed E-state index contributed by atoms with van der Waals surface area (Å²) < 4.78 is 0. The molecule has 0 radical (unpaired) electrons. The number of aromatic amines is 1. The minimum absolute atomic E-state index is 0.00894. The quantitative estimate of drug-likeness (QED) is 0.627. The van der Waals surface area contributed by atoms with Gasteiger partial charge in [0.2, 0.25) is 0 Å². The van der Waals surface area contributed by atoms with E-state index in [0.29, 0.717) is 12.4 Å². The van der Waals surface area contributed by atoms with E-state index in [-0.39, 0.29) is 11.3 Å². The third-order valence-corrected chi connectivity index (χ3v) is 2.89. The highest BCUT2D eigenvalue weighted by Crippen LogP contribution is 2.22. The summed E-state index contributed by atoms with van der Waals surface area (Å²) in [5, 5.41) is 20.2. The molecule has 0 spiro atoms. The highest BCUT2D eigenvalue weighted by Gasteiger charge is 2.24. The molecule has 110 valence electrons. The smallest absolute Gasteiger partial charge is 0.300 e. The molecule has 2 aromatic rings. The lowest BCUT2D eigenvalue weighted by molar-refractivity contribution is -0.385. The first-order chi connectivity index (χ1) is 10.0. The van der Waals surface area contributed by atoms with Gasteiger partial charge < -0.3 is 10.2 Å². The zero-order valence-electron chi connectivity index (χ0n) is 11.5. The maximum absolute atomic E-state index is 12.4. The van der Waals surface area contributed by atoms with Crippen LogP contribution >= 0.6 is 0 Å². The second-order valence-electron chi connectivity index (χ2n) is 4.36. The van der Waals surface area contributed by atoms with Gasteiger partial charge in [-0.1, -0.05) is 0 Å². The van der Waals surface area contributed by atoms with Gasteiger partial charge in [0, 0.05) is 38.5 Å². The highest BCUT2D eigenvalue weighted by atomic mass is 16.6. The molecule has 0 aliphatic heterocycles. The van der Waals surface area contributed by atoms with E-state index in [9.17, 15) is 14.9 Å². The van der Waals surface area contributed by atoms with Crippen LogP contribution in [0.15, 0.2) is 24.7 Å². The first-order valence-electron chi connectivity index (χ1n) is 6.08. The van der Waals surface area contributed by atoms with E-state index >= 15 is 0 Å². The molecule has 9 heteroatoms. The molecular formula is C12H14N6O3. The van der Waals surface area contributed by atoms with Crippen molar-refractivity contribution in [2.75, 3.05) is 19.4 Å². The van der Waals surface area contributed by atoms with Gasteiger partial charge in [-0.15, -0.1) is 0 Å². The molecule has 2 rings (SSSR count). The van der Waals surface area contributed by atoms with Gasteiger partial charge in [-0.05, 0) is 0 Å². The first kappa shape index (κ1) is 14.4. The number of nitro groups is 1. The third-order valence-electron chi connectivity index (χ3n) is 2.89. The van der Waals surface area contributed by atoms with Crippen LogP contribution in [0.25, 0.3) is 0 Å². The Hall–Kier alpha value is -2.97. The van der Waals surface area contributed by atoms with Crippen molar-refractivity contribution >= 4 is 17.4 Å². The number of anilines is 1. The summed E-state index contributed by atoms with van der Waals surface area (Å²) >= 11 is 0. The number of H-pyrrole nitrogens is 1. The van der Waals surface area contributed by atoms with Crippen molar-refractivity contribution < 1.29 is 9.72 Å². The molecule has 0 unspecified atom stereocenters. The Morgan fingerprint density at radius 2 is 2.29 bits per heavy atom. The molecule has 0 atom stereocenters. The molecule has 0 aliphatic rings. The summed E-state index contributed by atoms with van der Waals surface area (Å²) in [6, 6.07) is 1.37. The summed E-state index contributed by atoms with van der Waals surface area (Å²) in [7, 11) is 3.19. The van der Waals surface area contributed by atoms with Crippen molar-refractivity contribution in [3.8, 4) is 0 Å². The van der Waals surface area contributed by atoms with E-state index in [1.807, 2.05) is 0 Å². The SMILES string of the molecule is CNc1cc(C(=O)N(C)Cc2cn[nH]c2)c([N+](=O)[O-])cn1. The minimum Gasteiger partial charge on any atom is -0.373 e. The number of hydrogen-bond donors (Lipinski definition) is 2. The van der Waals surface area contributed by atoms with E-state index in [1.54, 1.807) is 26.5 Å². The molecule has 2 heterocycles. The number of carbonyl (C=O) groups is 1. The van der Waals surface area contributed by atoms with Crippen molar-refractivity contribution in [1.82, 2.24) is 20.1 Å². The summed E-state index contributed by atoms with van der Waals surface area (Å²) in [6.45, 7) is 0.295. The van der Waals surface area contributed by atoms with Crippen molar-refractivity contribution in [2.45, 2.75) is 6.54 Å². The number of nitrogens with zero attached hydrogens (tertiary/aromatic N) is 4. The fourth-order valence-electron chi connectivity index (χ4n) is 1.82. The van der Waals surface area contributed by atoms with Gasteiger partial charge >= 0.3 is 0 Å². The van der Waals surface area contributed by atoms with Crippen molar-refractivity contribution in [1.29, 1.82) is 0 Å². The maximum atomic E-state index is 12.4. The van der Waals surface area contributed by atoms with E-state index in [4.69, 9.17) is 0 Å². The maximum Gasteiger partial charge on any atom is 0.300 e. The Morgan fingerprint density at radius 3 is 2.86 bits per heavy atom. The number of hydrogen-bond acceptors (Lipinski definition) is 6. The summed E-state index contributed by atoms with van der Waals surface area (Å²) in [6.07, 6.45) is 4.32. The number of aromatic nitrogens is 3. The van der Waals surface area contributed by atoms with Gasteiger partial charge in [0.1, 0.15) is 17.6 Å². The standard InChI is InChI=1S/C12H14N6O3/c1-13-11-3-9(10(6-14-11)18(20)21)12(19)17(2)7-8-4-15-16-5-8/h3-6H,7H2,1-2H3,(H,13,14)(H,15,16). The lowest BCUT2D eigenvalue weighted by Gasteiger charge is -2.16. The van der Waals surface area contributed by atoms with Gasteiger partial charge in [0.05, 0.1) is 11.1 Å². The van der Waals surface area contributed by atoms with Crippen LogP contribution in [-0.4, -0.2) is 45.0 Å². The minimum atomic E-state index is -0.620. The molecule has 9 nitrogen and oxygen atoms in total. The lowest BCUT2D eigenvalue weighted by atomic mass is 10.2. The Morgan fingerprint density at radius 1 is 1.52 bits per heavy atom. The average molecular weight is 290 g/mol. The summed E-state index contributed by atoms with van der Waals surface area (Å²) in [5.74, 6) is -0.0672. The average Bonchev–Trinajstić information content (AvgIpc) is 2.98. The van der Waals surface area contributed by atoms with E-state index in [0.717, 1.165) is 11.8 Å². The molecule has 2 N–H and O–H groups in total. The number of nitrogens with one attached hydrogen (secondary N) is 2. The van der Waals surface area contributed by atoms with Crippen LogP contribution in [0.4, 0.5) is 11.5 Å². The molecule has 21 heavy (non-hydrogen) atoms. The fourth-order valence-corrected chi connectivity index (χ4v) is 1.82. The number of pyridine rings is 1. The van der Waals surface area contributed by atoms with Crippen LogP contribution in [0.1, 0.15) is 15.9 Å². The van der Waals surface area contributed by atoms with E-state index in [1.165, 1.54) is 11.0 Å². The predicted molar refractivity (Wildman–Crippen MR) is 74.8 cm³/mol. The zero-order valence-corrected chi connectivity index (χ0v) is 11.5. The molecule has 0 aromatic carbocycles. The topological polar surface area (TPSA) is 117 Å². The number of rotatable bonds is 5. The Kier molecular flexibility index (Phi) is 4.12. The molecule has 2 aromatic heterocycles. The number of carbonyl (C=O) groups excluding carboxylic acids is 1. The Balaban J connectivity index is 2.30. The van der Waals surface area contributed by atoms with Gasteiger partial charge in [0.15, 0.2) is 0 Å². The molecule has 1 amide bonds. The van der Waals surface area contributed by atoms with E-state index in [2.05, 4.69) is 20.5 Å². The first-order valence-corrected chi connectivity index (χ1v) is 6.08. The summed E-state index contributed by atoms with van der Waals surface area (Å²) in [5.41, 5.74) is 0.472. The van der Waals surface area contributed by atoms with Crippen molar-refractivity contribution in [3.05, 3.63) is 45.9 Å². The molecule has 0 aliphatic carbocycles. The Bertz CT molecular complexity index is 655. The van der Waals surface area contributed by atoms with Crippen molar-refractivity contribution in [3.63, 3.8) is 0 Å². The lowest BCUT2D eigenvalue weighted by Crippen LogP contribution is -2.27. The second-order valence-corrected chi connectivity index (χ2v) is 4.36. The van der Waals surface area contributed by atoms with Crippen LogP contribution in [0, 0.1) is 10.1 Å². The largest absolute Gasteiger partial charge is 0.373 e.